The highest BCUT2D eigenvalue weighted by atomic mass is 16.5. The molecule has 0 aliphatic rings. The Bertz CT molecular complexity index is 330. The van der Waals surface area contributed by atoms with E-state index in [1.165, 1.54) is 11.1 Å². The van der Waals surface area contributed by atoms with Gasteiger partial charge in [-0.2, -0.15) is 0 Å². The van der Waals surface area contributed by atoms with Crippen LogP contribution in [0.5, 0.6) is 5.75 Å². The van der Waals surface area contributed by atoms with Crippen LogP contribution < -0.4 is 10.5 Å². The molecular weight excluding hydrogens is 198 g/mol. The van der Waals surface area contributed by atoms with Crippen LogP contribution in [0.25, 0.3) is 0 Å². The average Bonchev–Trinajstić information content (AvgIpc) is 2.27. The lowest BCUT2D eigenvalue weighted by Crippen LogP contribution is -2.26. The first-order chi connectivity index (χ1) is 7.58. The van der Waals surface area contributed by atoms with E-state index < -0.39 is 0 Å². The van der Waals surface area contributed by atoms with Gasteiger partial charge in [0.05, 0.1) is 0 Å². The quantitative estimate of drug-likeness (QED) is 0.828. The Balaban J connectivity index is 2.89. The summed E-state index contributed by atoms with van der Waals surface area (Å²) in [4.78, 5) is 0. The number of hydrogen-bond acceptors (Lipinski definition) is 2. The van der Waals surface area contributed by atoms with E-state index in [0.29, 0.717) is 12.5 Å². The van der Waals surface area contributed by atoms with Crippen LogP contribution in [0, 0.1) is 6.92 Å². The topological polar surface area (TPSA) is 35.2 Å². The second-order valence-electron chi connectivity index (χ2n) is 4.56. The van der Waals surface area contributed by atoms with E-state index in [1.54, 1.807) is 0 Å². The normalized spacial score (nSPS) is 12.9. The maximum absolute atomic E-state index is 5.91. The molecule has 2 heteroatoms. The standard InChI is InChI=1S/C14H23NO/c1-5-13(9-15)16-14-8-12(10(2)3)7-6-11(14)4/h6-8,10,13H,5,9,15H2,1-4H3. The molecule has 2 N–H and O–H groups in total. The third-order valence-corrected chi connectivity index (χ3v) is 2.89. The zero-order valence-electron chi connectivity index (χ0n) is 10.8. The van der Waals surface area contributed by atoms with Crippen LogP contribution in [0.2, 0.25) is 0 Å². The first-order valence-corrected chi connectivity index (χ1v) is 6.05. The Morgan fingerprint density at radius 1 is 1.31 bits per heavy atom. The molecular formula is C14H23NO. The molecule has 0 aliphatic heterocycles. The Labute approximate surface area is 98.8 Å². The van der Waals surface area contributed by atoms with Gasteiger partial charge in [0.2, 0.25) is 0 Å². The van der Waals surface area contributed by atoms with Crippen molar-refractivity contribution in [1.29, 1.82) is 0 Å². The zero-order chi connectivity index (χ0) is 12.1. The van der Waals surface area contributed by atoms with E-state index in [0.717, 1.165) is 12.2 Å². The van der Waals surface area contributed by atoms with Crippen LogP contribution in [-0.4, -0.2) is 12.6 Å². The Hall–Kier alpha value is -1.02. The molecule has 0 fully saturated rings. The lowest BCUT2D eigenvalue weighted by Gasteiger charge is -2.18. The lowest BCUT2D eigenvalue weighted by atomic mass is 10.0. The van der Waals surface area contributed by atoms with Gasteiger partial charge < -0.3 is 10.5 Å². The van der Waals surface area contributed by atoms with E-state index in [9.17, 15) is 0 Å². The van der Waals surface area contributed by atoms with Gasteiger partial charge in [-0.05, 0) is 36.5 Å². The molecule has 0 heterocycles. The fourth-order valence-corrected chi connectivity index (χ4v) is 1.58. The van der Waals surface area contributed by atoms with Gasteiger partial charge >= 0.3 is 0 Å². The lowest BCUT2D eigenvalue weighted by molar-refractivity contribution is 0.203. The summed E-state index contributed by atoms with van der Waals surface area (Å²) >= 11 is 0. The highest BCUT2D eigenvalue weighted by Crippen LogP contribution is 2.25. The molecule has 1 rings (SSSR count). The van der Waals surface area contributed by atoms with Crippen LogP contribution in [-0.2, 0) is 0 Å². The number of hydrogen-bond donors (Lipinski definition) is 1. The van der Waals surface area contributed by atoms with Crippen molar-refractivity contribution in [2.45, 2.75) is 46.1 Å². The zero-order valence-corrected chi connectivity index (χ0v) is 10.8. The van der Waals surface area contributed by atoms with Gasteiger partial charge in [0.1, 0.15) is 11.9 Å². The summed E-state index contributed by atoms with van der Waals surface area (Å²) in [6.07, 6.45) is 1.07. The molecule has 1 aromatic rings. The van der Waals surface area contributed by atoms with Gasteiger partial charge in [-0.15, -0.1) is 0 Å². The van der Waals surface area contributed by atoms with Gasteiger partial charge in [0.15, 0.2) is 0 Å². The highest BCUT2D eigenvalue weighted by molar-refractivity contribution is 5.37. The van der Waals surface area contributed by atoms with Crippen molar-refractivity contribution < 1.29 is 4.74 Å². The van der Waals surface area contributed by atoms with Crippen LogP contribution in [0.4, 0.5) is 0 Å². The van der Waals surface area contributed by atoms with Crippen molar-refractivity contribution in [3.8, 4) is 5.75 Å². The minimum atomic E-state index is 0.126. The van der Waals surface area contributed by atoms with E-state index >= 15 is 0 Å². The van der Waals surface area contributed by atoms with Crippen molar-refractivity contribution in [2.24, 2.45) is 5.73 Å². The number of benzene rings is 1. The van der Waals surface area contributed by atoms with Crippen LogP contribution in [0.1, 0.15) is 44.2 Å². The molecule has 0 spiro atoms. The number of nitrogens with two attached hydrogens (primary N) is 1. The predicted octanol–water partition coefficient (Wildman–Crippen LogP) is 3.23. The van der Waals surface area contributed by atoms with Crippen LogP contribution >= 0.6 is 0 Å². The monoisotopic (exact) mass is 221 g/mol. The molecule has 0 radical (unpaired) electrons. The van der Waals surface area contributed by atoms with Gasteiger partial charge in [-0.25, -0.2) is 0 Å². The third-order valence-electron chi connectivity index (χ3n) is 2.89. The van der Waals surface area contributed by atoms with E-state index in [-0.39, 0.29) is 6.10 Å². The highest BCUT2D eigenvalue weighted by Gasteiger charge is 2.09. The smallest absolute Gasteiger partial charge is 0.122 e. The SMILES string of the molecule is CCC(CN)Oc1cc(C(C)C)ccc1C. The summed E-state index contributed by atoms with van der Waals surface area (Å²) in [5.74, 6) is 1.50. The van der Waals surface area contributed by atoms with Crippen molar-refractivity contribution in [3.05, 3.63) is 29.3 Å². The van der Waals surface area contributed by atoms with Crippen molar-refractivity contribution >= 4 is 0 Å². The van der Waals surface area contributed by atoms with Gasteiger partial charge in [-0.1, -0.05) is 32.9 Å². The summed E-state index contributed by atoms with van der Waals surface area (Å²) < 4.78 is 5.91. The molecule has 1 unspecified atom stereocenters. The number of rotatable bonds is 5. The summed E-state index contributed by atoms with van der Waals surface area (Å²) in [6.45, 7) is 9.12. The summed E-state index contributed by atoms with van der Waals surface area (Å²) in [7, 11) is 0. The fraction of sp³-hybridized carbons (Fsp3) is 0.571. The van der Waals surface area contributed by atoms with E-state index in [1.807, 2.05) is 0 Å². The van der Waals surface area contributed by atoms with E-state index in [4.69, 9.17) is 10.5 Å². The maximum Gasteiger partial charge on any atom is 0.122 e. The summed E-state index contributed by atoms with van der Waals surface area (Å²) in [5.41, 5.74) is 8.14. The predicted molar refractivity (Wildman–Crippen MR) is 69.0 cm³/mol. The number of ether oxygens (including phenoxy) is 1. The Morgan fingerprint density at radius 3 is 2.50 bits per heavy atom. The maximum atomic E-state index is 5.91. The molecule has 0 amide bonds. The van der Waals surface area contributed by atoms with Crippen molar-refractivity contribution in [1.82, 2.24) is 0 Å². The first-order valence-electron chi connectivity index (χ1n) is 6.05. The summed E-state index contributed by atoms with van der Waals surface area (Å²) in [6, 6.07) is 6.42. The van der Waals surface area contributed by atoms with Crippen molar-refractivity contribution in [2.75, 3.05) is 6.54 Å². The minimum absolute atomic E-state index is 0.126. The van der Waals surface area contributed by atoms with Gasteiger partial charge in [0, 0.05) is 6.54 Å². The van der Waals surface area contributed by atoms with Gasteiger partial charge in [-0.3, -0.25) is 0 Å². The van der Waals surface area contributed by atoms with Crippen LogP contribution in [0.3, 0.4) is 0 Å². The second-order valence-corrected chi connectivity index (χ2v) is 4.56. The minimum Gasteiger partial charge on any atom is -0.489 e. The summed E-state index contributed by atoms with van der Waals surface area (Å²) in [5, 5.41) is 0. The molecule has 0 aromatic heterocycles. The molecule has 1 aromatic carbocycles. The van der Waals surface area contributed by atoms with Gasteiger partial charge in [0.25, 0.3) is 0 Å². The first kappa shape index (κ1) is 13.0. The van der Waals surface area contributed by atoms with Crippen molar-refractivity contribution in [3.63, 3.8) is 0 Å². The number of aryl methyl sites for hydroxylation is 1. The fourth-order valence-electron chi connectivity index (χ4n) is 1.58. The molecule has 0 aliphatic carbocycles. The largest absolute Gasteiger partial charge is 0.489 e. The second kappa shape index (κ2) is 5.90. The van der Waals surface area contributed by atoms with E-state index in [2.05, 4.69) is 45.9 Å². The third kappa shape index (κ3) is 3.24. The average molecular weight is 221 g/mol. The Kier molecular flexibility index (Phi) is 4.81. The molecule has 0 saturated carbocycles. The molecule has 1 atom stereocenters. The Morgan fingerprint density at radius 2 is 2.00 bits per heavy atom. The van der Waals surface area contributed by atoms with Crippen LogP contribution in [0.15, 0.2) is 18.2 Å². The molecule has 0 saturated heterocycles. The molecule has 2 nitrogen and oxygen atoms in total. The molecule has 16 heavy (non-hydrogen) atoms. The molecule has 0 bridgehead atoms. The molecule has 90 valence electrons.